The molecule has 0 aliphatic carbocycles. The van der Waals surface area contributed by atoms with Crippen LogP contribution in [0, 0.1) is 9.39 Å². The van der Waals surface area contributed by atoms with E-state index in [-0.39, 0.29) is 5.82 Å². The fraction of sp³-hybridized carbons (Fsp3) is 0.135. The summed E-state index contributed by atoms with van der Waals surface area (Å²) < 4.78 is 22.0. The summed E-state index contributed by atoms with van der Waals surface area (Å²) in [5, 5.41) is 12.1. The number of hydrogen-bond donors (Lipinski definition) is 3. The lowest BCUT2D eigenvalue weighted by Crippen LogP contribution is -2.20. The molecule has 46 heavy (non-hydrogen) atoms. The number of benzene rings is 4. The van der Waals surface area contributed by atoms with Crippen LogP contribution < -0.4 is 10.1 Å². The summed E-state index contributed by atoms with van der Waals surface area (Å²) in [5.41, 5.74) is 9.47. The molecule has 4 aromatic carbocycles. The standard InChI is InChI=1S/C37H32FIN6O/c1-45(2)14-13-40-28-17-24(15-26(38)19-28)30-9-6-10-33-31(30)21-35(41-33)37-36-34(43-44-37)12-11-32(42-36)25-16-27(39)20-29(18-25)46-22-23-7-4-3-5-8-23/h3-12,15-21,40-41H,13-14,22H2,1-2H3,(H,43,44). The van der Waals surface area contributed by atoms with E-state index in [0.717, 1.165) is 89.4 Å². The highest BCUT2D eigenvalue weighted by molar-refractivity contribution is 14.1. The van der Waals surface area contributed by atoms with Gasteiger partial charge in [-0.05, 0) is 114 Å². The molecule has 0 saturated heterocycles. The Morgan fingerprint density at radius 2 is 1.74 bits per heavy atom. The fourth-order valence-electron chi connectivity index (χ4n) is 5.59. The lowest BCUT2D eigenvalue weighted by Gasteiger charge is -2.13. The number of ether oxygens (including phenoxy) is 1. The van der Waals surface area contributed by atoms with Gasteiger partial charge in [0.2, 0.25) is 0 Å². The molecule has 3 N–H and O–H groups in total. The molecule has 7 nitrogen and oxygen atoms in total. The lowest BCUT2D eigenvalue weighted by atomic mass is 10.0. The Morgan fingerprint density at radius 1 is 0.870 bits per heavy atom. The van der Waals surface area contributed by atoms with Gasteiger partial charge in [-0.15, -0.1) is 0 Å². The van der Waals surface area contributed by atoms with Crippen molar-refractivity contribution in [2.24, 2.45) is 0 Å². The van der Waals surface area contributed by atoms with Crippen LogP contribution in [0.25, 0.3) is 55.7 Å². The van der Waals surface area contributed by atoms with E-state index in [1.54, 1.807) is 6.07 Å². The van der Waals surface area contributed by atoms with Gasteiger partial charge in [0, 0.05) is 38.8 Å². The molecule has 0 bridgehead atoms. The number of nitrogens with zero attached hydrogens (tertiary/aromatic N) is 3. The first kappa shape index (κ1) is 29.9. The van der Waals surface area contributed by atoms with Gasteiger partial charge < -0.3 is 19.9 Å². The minimum Gasteiger partial charge on any atom is -0.489 e. The predicted octanol–water partition coefficient (Wildman–Crippen LogP) is 8.74. The molecule has 3 heterocycles. The molecule has 0 radical (unpaired) electrons. The molecule has 9 heteroatoms. The van der Waals surface area contributed by atoms with E-state index in [2.05, 4.69) is 72.3 Å². The predicted molar refractivity (Wildman–Crippen MR) is 193 cm³/mol. The first-order chi connectivity index (χ1) is 22.4. The van der Waals surface area contributed by atoms with Crippen molar-refractivity contribution in [1.82, 2.24) is 25.1 Å². The highest BCUT2D eigenvalue weighted by atomic mass is 127. The smallest absolute Gasteiger partial charge is 0.135 e. The van der Waals surface area contributed by atoms with Gasteiger partial charge >= 0.3 is 0 Å². The molecular formula is C37H32FIN6O. The number of aromatic nitrogens is 4. The molecule has 0 saturated carbocycles. The van der Waals surface area contributed by atoms with Crippen molar-refractivity contribution < 1.29 is 9.13 Å². The largest absolute Gasteiger partial charge is 0.489 e. The van der Waals surface area contributed by atoms with Crippen LogP contribution in [0.5, 0.6) is 5.75 Å². The maximum atomic E-state index is 14.8. The molecule has 0 unspecified atom stereocenters. The number of rotatable bonds is 10. The lowest BCUT2D eigenvalue weighted by molar-refractivity contribution is 0.306. The number of nitrogens with one attached hydrogen (secondary N) is 3. The second-order valence-electron chi connectivity index (χ2n) is 11.5. The maximum absolute atomic E-state index is 14.8. The Morgan fingerprint density at radius 3 is 2.59 bits per heavy atom. The summed E-state index contributed by atoms with van der Waals surface area (Å²) in [6.07, 6.45) is 0. The van der Waals surface area contributed by atoms with E-state index in [0.29, 0.717) is 6.61 Å². The number of hydrogen-bond acceptors (Lipinski definition) is 5. The van der Waals surface area contributed by atoms with Gasteiger partial charge in [0.25, 0.3) is 0 Å². The SMILES string of the molecule is CN(C)CCNc1cc(F)cc(-c2cccc3[nH]c(-c4n[nH]c5ccc(-c6cc(I)cc(OCc7ccccc7)c6)nc45)cc23)c1. The third kappa shape index (κ3) is 6.47. The average molecular weight is 723 g/mol. The van der Waals surface area contributed by atoms with Crippen LogP contribution in [0.4, 0.5) is 10.1 Å². The molecular weight excluding hydrogens is 690 g/mol. The summed E-state index contributed by atoms with van der Waals surface area (Å²) in [6.45, 7) is 2.06. The molecule has 0 aliphatic heterocycles. The molecule has 0 aliphatic rings. The molecule has 7 rings (SSSR count). The number of fused-ring (bicyclic) bond motifs is 2. The van der Waals surface area contributed by atoms with Gasteiger partial charge in [0.15, 0.2) is 0 Å². The topological polar surface area (TPSA) is 81.9 Å². The Balaban J connectivity index is 1.21. The second-order valence-corrected chi connectivity index (χ2v) is 12.8. The molecule has 0 atom stereocenters. The first-order valence-corrected chi connectivity index (χ1v) is 16.1. The van der Waals surface area contributed by atoms with Crippen molar-refractivity contribution in [2.45, 2.75) is 6.61 Å². The maximum Gasteiger partial charge on any atom is 0.135 e. The Kier molecular flexibility index (Phi) is 8.42. The van der Waals surface area contributed by atoms with Gasteiger partial charge in [-0.2, -0.15) is 5.10 Å². The summed E-state index contributed by atoms with van der Waals surface area (Å²) in [6, 6.07) is 33.5. The number of H-pyrrole nitrogens is 2. The van der Waals surface area contributed by atoms with E-state index in [1.807, 2.05) is 80.8 Å². The molecule has 0 amide bonds. The van der Waals surface area contributed by atoms with E-state index < -0.39 is 0 Å². The monoisotopic (exact) mass is 722 g/mol. The zero-order chi connectivity index (χ0) is 31.6. The van der Waals surface area contributed by atoms with Crippen molar-refractivity contribution in [3.63, 3.8) is 0 Å². The zero-order valence-electron chi connectivity index (χ0n) is 25.4. The summed E-state index contributed by atoms with van der Waals surface area (Å²) in [5.74, 6) is 0.508. The van der Waals surface area contributed by atoms with Gasteiger partial charge in [-0.3, -0.25) is 5.10 Å². The highest BCUT2D eigenvalue weighted by Gasteiger charge is 2.16. The number of pyridine rings is 1. The average Bonchev–Trinajstić information content (AvgIpc) is 3.67. The van der Waals surface area contributed by atoms with Crippen LogP contribution in [0.1, 0.15) is 5.56 Å². The summed E-state index contributed by atoms with van der Waals surface area (Å²) in [7, 11) is 4.03. The third-order valence-electron chi connectivity index (χ3n) is 7.84. The van der Waals surface area contributed by atoms with Crippen molar-refractivity contribution in [3.05, 3.63) is 118 Å². The van der Waals surface area contributed by atoms with Crippen LogP contribution in [-0.2, 0) is 6.61 Å². The van der Waals surface area contributed by atoms with Crippen molar-refractivity contribution in [2.75, 3.05) is 32.5 Å². The van der Waals surface area contributed by atoms with Gasteiger partial charge in [-0.25, -0.2) is 9.37 Å². The highest BCUT2D eigenvalue weighted by Crippen LogP contribution is 2.36. The number of aromatic amines is 2. The molecule has 7 aromatic rings. The Labute approximate surface area is 280 Å². The second kappa shape index (κ2) is 12.9. The summed E-state index contributed by atoms with van der Waals surface area (Å²) >= 11 is 2.31. The number of likely N-dealkylation sites (N-methyl/N-ethyl adjacent to an activating group) is 1. The molecule has 0 fully saturated rings. The quantitative estimate of drug-likeness (QED) is 0.123. The van der Waals surface area contributed by atoms with Crippen molar-refractivity contribution in [1.29, 1.82) is 0 Å². The van der Waals surface area contributed by atoms with E-state index in [9.17, 15) is 4.39 Å². The van der Waals surface area contributed by atoms with E-state index in [4.69, 9.17) is 9.72 Å². The van der Waals surface area contributed by atoms with Crippen LogP contribution >= 0.6 is 22.6 Å². The van der Waals surface area contributed by atoms with Gasteiger partial charge in [0.1, 0.15) is 29.4 Å². The minimum atomic E-state index is -0.281. The van der Waals surface area contributed by atoms with Crippen molar-refractivity contribution >= 4 is 50.2 Å². The first-order valence-electron chi connectivity index (χ1n) is 15.0. The molecule has 0 spiro atoms. The zero-order valence-corrected chi connectivity index (χ0v) is 27.6. The normalized spacial score (nSPS) is 11.5. The van der Waals surface area contributed by atoms with Crippen molar-refractivity contribution in [3.8, 4) is 39.5 Å². The number of anilines is 1. The van der Waals surface area contributed by atoms with Crippen LogP contribution in [0.2, 0.25) is 0 Å². The third-order valence-corrected chi connectivity index (χ3v) is 8.46. The Bertz CT molecular complexity index is 2160. The van der Waals surface area contributed by atoms with Crippen LogP contribution in [0.3, 0.4) is 0 Å². The van der Waals surface area contributed by atoms with Crippen LogP contribution in [0.15, 0.2) is 103 Å². The van der Waals surface area contributed by atoms with Gasteiger partial charge in [-0.1, -0.05) is 42.5 Å². The fourth-order valence-corrected chi connectivity index (χ4v) is 6.23. The summed E-state index contributed by atoms with van der Waals surface area (Å²) in [4.78, 5) is 10.7. The van der Waals surface area contributed by atoms with Crippen LogP contribution in [-0.4, -0.2) is 52.3 Å². The van der Waals surface area contributed by atoms with Gasteiger partial charge in [0.05, 0.1) is 16.9 Å². The Hall–Kier alpha value is -4.74. The number of halogens is 2. The molecule has 3 aromatic heterocycles. The van der Waals surface area contributed by atoms with E-state index >= 15 is 0 Å². The molecule has 230 valence electrons. The van der Waals surface area contributed by atoms with E-state index in [1.165, 1.54) is 6.07 Å². The minimum absolute atomic E-state index is 0.281.